The van der Waals surface area contributed by atoms with Crippen molar-refractivity contribution < 1.29 is 23.8 Å². The Labute approximate surface area is 168 Å². The van der Waals surface area contributed by atoms with E-state index in [0.717, 1.165) is 5.56 Å². The minimum absolute atomic E-state index is 0.0664. The third kappa shape index (κ3) is 3.73. The lowest BCUT2D eigenvalue weighted by molar-refractivity contribution is -0.137. The number of thioether (sulfide) groups is 1. The molecular formula is C20H24N2O5S. The van der Waals surface area contributed by atoms with Crippen LogP contribution in [0.5, 0.6) is 11.5 Å². The first-order chi connectivity index (χ1) is 13.5. The van der Waals surface area contributed by atoms with Crippen LogP contribution in [0, 0.1) is 0 Å². The number of hydrogen-bond donors (Lipinski definition) is 0. The van der Waals surface area contributed by atoms with E-state index in [1.165, 1.54) is 18.9 Å². The molecule has 1 atom stereocenters. The third-order valence-corrected chi connectivity index (χ3v) is 5.45. The molecule has 8 heteroatoms. The van der Waals surface area contributed by atoms with Crippen LogP contribution in [-0.4, -0.2) is 48.0 Å². The largest absolute Gasteiger partial charge is 0.490 e. The number of carbonyl (C=O) groups excluding carboxylic acids is 2. The van der Waals surface area contributed by atoms with Crippen molar-refractivity contribution in [2.75, 3.05) is 26.1 Å². The van der Waals surface area contributed by atoms with E-state index in [-0.39, 0.29) is 5.91 Å². The summed E-state index contributed by atoms with van der Waals surface area (Å²) in [6.45, 7) is 6.54. The fourth-order valence-corrected chi connectivity index (χ4v) is 4.33. The Balaban J connectivity index is 2.15. The highest BCUT2D eigenvalue weighted by atomic mass is 32.2. The predicted molar refractivity (Wildman–Crippen MR) is 108 cm³/mol. The summed E-state index contributed by atoms with van der Waals surface area (Å²) in [6.07, 6.45) is 0.392. The van der Waals surface area contributed by atoms with Crippen molar-refractivity contribution in [3.05, 3.63) is 35.0 Å². The van der Waals surface area contributed by atoms with Gasteiger partial charge in [-0.2, -0.15) is 0 Å². The molecule has 1 aromatic carbocycles. The number of esters is 1. The zero-order valence-corrected chi connectivity index (χ0v) is 17.3. The summed E-state index contributed by atoms with van der Waals surface area (Å²) in [6, 6.07) is 4.87. The number of rotatable bonds is 6. The average Bonchev–Trinajstić information content (AvgIpc) is 2.68. The molecule has 0 aliphatic carbocycles. The standard InChI is InChI=1S/C20H24N2O5S/c1-5-26-14-8-7-13(11-15(14)27-6-2)18-17(19(24)25-4)12(3)21-20-22(18)16(23)9-10-28-20/h7-8,11,18H,5-6,9-10H2,1-4H3/t18-/m1/s1. The number of aliphatic imine (C=N–C) groups is 1. The van der Waals surface area contributed by atoms with Gasteiger partial charge in [-0.15, -0.1) is 0 Å². The number of nitrogens with zero attached hydrogens (tertiary/aromatic N) is 2. The zero-order chi connectivity index (χ0) is 20.3. The number of amidine groups is 1. The first-order valence-corrected chi connectivity index (χ1v) is 10.2. The van der Waals surface area contributed by atoms with Crippen molar-refractivity contribution in [3.63, 3.8) is 0 Å². The van der Waals surface area contributed by atoms with E-state index in [4.69, 9.17) is 14.2 Å². The van der Waals surface area contributed by atoms with Crippen LogP contribution >= 0.6 is 11.8 Å². The summed E-state index contributed by atoms with van der Waals surface area (Å²) >= 11 is 1.51. The fourth-order valence-electron chi connectivity index (χ4n) is 3.32. The second-order valence-electron chi connectivity index (χ2n) is 6.22. The van der Waals surface area contributed by atoms with Crippen LogP contribution in [0.25, 0.3) is 0 Å². The maximum Gasteiger partial charge on any atom is 0.338 e. The van der Waals surface area contributed by atoms with E-state index in [1.54, 1.807) is 17.9 Å². The molecule has 2 heterocycles. The molecule has 150 valence electrons. The van der Waals surface area contributed by atoms with Crippen LogP contribution in [-0.2, 0) is 14.3 Å². The molecule has 2 aliphatic rings. The molecule has 3 rings (SSSR count). The van der Waals surface area contributed by atoms with E-state index >= 15 is 0 Å². The topological polar surface area (TPSA) is 77.4 Å². The Morgan fingerprint density at radius 2 is 1.96 bits per heavy atom. The molecule has 1 fully saturated rings. The molecule has 1 saturated heterocycles. The Kier molecular flexibility index (Phi) is 6.28. The molecule has 2 aliphatic heterocycles. The minimum atomic E-state index is -0.616. The highest BCUT2D eigenvalue weighted by molar-refractivity contribution is 8.14. The van der Waals surface area contributed by atoms with Crippen molar-refractivity contribution in [2.24, 2.45) is 4.99 Å². The van der Waals surface area contributed by atoms with E-state index in [1.807, 2.05) is 26.0 Å². The molecule has 1 amide bonds. The van der Waals surface area contributed by atoms with Crippen LogP contribution in [0.4, 0.5) is 0 Å². The van der Waals surface area contributed by atoms with Crippen molar-refractivity contribution in [1.82, 2.24) is 4.90 Å². The summed E-state index contributed by atoms with van der Waals surface area (Å²) < 4.78 is 16.4. The number of fused-ring (bicyclic) bond motifs is 1. The van der Waals surface area contributed by atoms with Gasteiger partial charge in [0.05, 0.1) is 37.6 Å². The SMILES string of the molecule is CCOc1ccc([C@@H]2C(C(=O)OC)=C(C)N=C3SCCC(=O)N32)cc1OCC. The van der Waals surface area contributed by atoms with Crippen LogP contribution in [0.3, 0.4) is 0 Å². The van der Waals surface area contributed by atoms with Gasteiger partial charge < -0.3 is 14.2 Å². The summed E-state index contributed by atoms with van der Waals surface area (Å²) in [7, 11) is 1.33. The van der Waals surface area contributed by atoms with Crippen molar-refractivity contribution in [1.29, 1.82) is 0 Å². The van der Waals surface area contributed by atoms with Gasteiger partial charge in [-0.25, -0.2) is 9.79 Å². The number of amides is 1. The van der Waals surface area contributed by atoms with Gasteiger partial charge >= 0.3 is 5.97 Å². The number of carbonyl (C=O) groups is 2. The third-order valence-electron chi connectivity index (χ3n) is 4.50. The Morgan fingerprint density at radius 1 is 1.25 bits per heavy atom. The van der Waals surface area contributed by atoms with Gasteiger partial charge in [0.1, 0.15) is 0 Å². The predicted octanol–water partition coefficient (Wildman–Crippen LogP) is 3.31. The Morgan fingerprint density at radius 3 is 2.64 bits per heavy atom. The Hall–Kier alpha value is -2.48. The lowest BCUT2D eigenvalue weighted by Crippen LogP contribution is -2.45. The molecule has 1 aromatic rings. The first kappa shape index (κ1) is 20.3. The summed E-state index contributed by atoms with van der Waals surface area (Å²) in [5.41, 5.74) is 1.65. The number of ether oxygens (including phenoxy) is 3. The summed E-state index contributed by atoms with van der Waals surface area (Å²) in [4.78, 5) is 31.4. The van der Waals surface area contributed by atoms with Gasteiger partial charge in [0.25, 0.3) is 0 Å². The summed E-state index contributed by atoms with van der Waals surface area (Å²) in [5.74, 6) is 1.31. The van der Waals surface area contributed by atoms with Crippen LogP contribution < -0.4 is 9.47 Å². The maximum atomic E-state index is 12.8. The number of allylic oxidation sites excluding steroid dienone is 1. The van der Waals surface area contributed by atoms with Gasteiger partial charge in [-0.1, -0.05) is 17.8 Å². The molecule has 0 bridgehead atoms. The lowest BCUT2D eigenvalue weighted by atomic mass is 9.94. The second-order valence-corrected chi connectivity index (χ2v) is 7.28. The van der Waals surface area contributed by atoms with Gasteiger partial charge in [0.2, 0.25) is 5.91 Å². The van der Waals surface area contributed by atoms with E-state index in [9.17, 15) is 9.59 Å². The van der Waals surface area contributed by atoms with E-state index in [0.29, 0.717) is 53.3 Å². The van der Waals surface area contributed by atoms with Gasteiger partial charge in [0, 0.05) is 12.2 Å². The van der Waals surface area contributed by atoms with Crippen molar-refractivity contribution >= 4 is 28.8 Å². The second kappa shape index (κ2) is 8.68. The van der Waals surface area contributed by atoms with Crippen LogP contribution in [0.15, 0.2) is 34.5 Å². The van der Waals surface area contributed by atoms with E-state index < -0.39 is 12.0 Å². The zero-order valence-electron chi connectivity index (χ0n) is 16.5. The average molecular weight is 404 g/mol. The van der Waals surface area contributed by atoms with Gasteiger partial charge in [-0.3, -0.25) is 9.69 Å². The quantitative estimate of drug-likeness (QED) is 0.677. The lowest BCUT2D eigenvalue weighted by Gasteiger charge is -2.38. The molecule has 0 unspecified atom stereocenters. The smallest absolute Gasteiger partial charge is 0.338 e. The number of benzene rings is 1. The molecule has 0 spiro atoms. The van der Waals surface area contributed by atoms with Crippen LogP contribution in [0.2, 0.25) is 0 Å². The normalized spacial score (nSPS) is 19.1. The first-order valence-electron chi connectivity index (χ1n) is 9.23. The number of methoxy groups -OCH3 is 1. The highest BCUT2D eigenvalue weighted by Crippen LogP contribution is 2.42. The monoisotopic (exact) mass is 404 g/mol. The van der Waals surface area contributed by atoms with E-state index in [2.05, 4.69) is 4.99 Å². The molecule has 28 heavy (non-hydrogen) atoms. The number of hydrogen-bond acceptors (Lipinski definition) is 7. The fraction of sp³-hybridized carbons (Fsp3) is 0.450. The van der Waals surface area contributed by atoms with Crippen molar-refractivity contribution in [2.45, 2.75) is 33.2 Å². The van der Waals surface area contributed by atoms with Gasteiger partial charge in [-0.05, 0) is 38.5 Å². The highest BCUT2D eigenvalue weighted by Gasteiger charge is 2.41. The van der Waals surface area contributed by atoms with Crippen molar-refractivity contribution in [3.8, 4) is 11.5 Å². The van der Waals surface area contributed by atoms with Crippen LogP contribution in [0.1, 0.15) is 38.8 Å². The Bertz CT molecular complexity index is 849. The molecule has 7 nitrogen and oxygen atoms in total. The molecule has 0 saturated carbocycles. The minimum Gasteiger partial charge on any atom is -0.490 e. The summed E-state index contributed by atoms with van der Waals surface area (Å²) in [5, 5.41) is 0.609. The molecular weight excluding hydrogens is 380 g/mol. The molecule has 0 radical (unpaired) electrons. The molecule has 0 N–H and O–H groups in total. The molecule has 0 aromatic heterocycles. The maximum absolute atomic E-state index is 12.8. The van der Waals surface area contributed by atoms with Gasteiger partial charge in [0.15, 0.2) is 16.7 Å².